The van der Waals surface area contributed by atoms with Gasteiger partial charge in [0.15, 0.2) is 0 Å². The highest BCUT2D eigenvalue weighted by Crippen LogP contribution is 1.94. The standard InChI is InChI=1S/C6H12N4.2ClH/c1-5(7)3-6-4-10(2)9-8-6;;/h4-5H,3,7H2,1-2H3;2*1H/t5-;;/m1../s1. The molecule has 0 spiro atoms. The molecule has 1 aromatic rings. The van der Waals surface area contributed by atoms with E-state index in [9.17, 15) is 0 Å². The van der Waals surface area contributed by atoms with Crippen LogP contribution in [0.2, 0.25) is 0 Å². The van der Waals surface area contributed by atoms with Gasteiger partial charge in [0.2, 0.25) is 0 Å². The van der Waals surface area contributed by atoms with E-state index in [4.69, 9.17) is 5.73 Å². The predicted octanol–water partition coefficient (Wildman–Crippen LogP) is 0.548. The monoisotopic (exact) mass is 212 g/mol. The molecule has 0 saturated carbocycles. The first-order valence-corrected chi connectivity index (χ1v) is 3.29. The largest absolute Gasteiger partial charge is 0.328 e. The molecule has 72 valence electrons. The van der Waals surface area contributed by atoms with Crippen LogP contribution in [0.15, 0.2) is 6.20 Å². The minimum Gasteiger partial charge on any atom is -0.328 e. The number of halogens is 2. The van der Waals surface area contributed by atoms with Crippen molar-refractivity contribution in [3.05, 3.63) is 11.9 Å². The summed E-state index contributed by atoms with van der Waals surface area (Å²) in [6.45, 7) is 1.95. The van der Waals surface area contributed by atoms with Crippen molar-refractivity contribution in [3.63, 3.8) is 0 Å². The van der Waals surface area contributed by atoms with Gasteiger partial charge >= 0.3 is 0 Å². The van der Waals surface area contributed by atoms with Crippen LogP contribution >= 0.6 is 24.8 Å². The summed E-state index contributed by atoms with van der Waals surface area (Å²) in [5.74, 6) is 0. The minimum atomic E-state index is 0. The Morgan fingerprint density at radius 1 is 1.58 bits per heavy atom. The summed E-state index contributed by atoms with van der Waals surface area (Å²) < 4.78 is 1.68. The third-order valence-corrected chi connectivity index (χ3v) is 1.18. The molecule has 0 aliphatic rings. The van der Waals surface area contributed by atoms with Gasteiger partial charge in [0.25, 0.3) is 0 Å². The lowest BCUT2D eigenvalue weighted by atomic mass is 10.2. The fraction of sp³-hybridized carbons (Fsp3) is 0.667. The molecule has 1 rings (SSSR count). The molecule has 4 nitrogen and oxygen atoms in total. The fourth-order valence-corrected chi connectivity index (χ4v) is 0.819. The van der Waals surface area contributed by atoms with Crippen molar-refractivity contribution in [1.82, 2.24) is 15.0 Å². The van der Waals surface area contributed by atoms with Crippen molar-refractivity contribution in [2.45, 2.75) is 19.4 Å². The summed E-state index contributed by atoms with van der Waals surface area (Å²) in [6.07, 6.45) is 2.68. The fourth-order valence-electron chi connectivity index (χ4n) is 0.819. The third kappa shape index (κ3) is 4.54. The average molecular weight is 213 g/mol. The van der Waals surface area contributed by atoms with Crippen LogP contribution in [-0.4, -0.2) is 21.0 Å². The van der Waals surface area contributed by atoms with Gasteiger partial charge in [0, 0.05) is 25.7 Å². The molecule has 0 amide bonds. The molecule has 0 aliphatic heterocycles. The van der Waals surface area contributed by atoms with Crippen molar-refractivity contribution < 1.29 is 0 Å². The number of nitrogens with two attached hydrogens (primary N) is 1. The molecule has 0 saturated heterocycles. The van der Waals surface area contributed by atoms with Crippen molar-refractivity contribution in [1.29, 1.82) is 0 Å². The summed E-state index contributed by atoms with van der Waals surface area (Å²) in [6, 6.07) is 0.164. The van der Waals surface area contributed by atoms with Crippen molar-refractivity contribution >= 4 is 24.8 Å². The maximum Gasteiger partial charge on any atom is 0.0842 e. The number of nitrogens with zero attached hydrogens (tertiary/aromatic N) is 3. The lowest BCUT2D eigenvalue weighted by Crippen LogP contribution is -2.17. The highest BCUT2D eigenvalue weighted by Gasteiger charge is 2.00. The summed E-state index contributed by atoms with van der Waals surface area (Å²) in [4.78, 5) is 0. The van der Waals surface area contributed by atoms with Crippen LogP contribution in [0.25, 0.3) is 0 Å². The summed E-state index contributed by atoms with van der Waals surface area (Å²) in [5, 5.41) is 7.67. The van der Waals surface area contributed by atoms with Gasteiger partial charge in [-0.15, -0.1) is 29.9 Å². The van der Waals surface area contributed by atoms with Gasteiger partial charge in [-0.2, -0.15) is 0 Å². The molecule has 0 unspecified atom stereocenters. The van der Waals surface area contributed by atoms with E-state index in [1.807, 2.05) is 20.2 Å². The van der Waals surface area contributed by atoms with E-state index < -0.39 is 0 Å². The second-order valence-corrected chi connectivity index (χ2v) is 2.56. The topological polar surface area (TPSA) is 56.7 Å². The van der Waals surface area contributed by atoms with E-state index in [1.165, 1.54) is 0 Å². The Balaban J connectivity index is 0. The van der Waals surface area contributed by atoms with Crippen LogP contribution < -0.4 is 5.73 Å². The first kappa shape index (κ1) is 14.2. The molecular formula is C6H14Cl2N4. The second kappa shape index (κ2) is 6.22. The molecular weight excluding hydrogens is 199 g/mol. The van der Waals surface area contributed by atoms with Gasteiger partial charge in [0.05, 0.1) is 5.69 Å². The maximum absolute atomic E-state index is 5.56. The molecule has 1 atom stereocenters. The lowest BCUT2D eigenvalue weighted by Gasteiger charge is -1.97. The third-order valence-electron chi connectivity index (χ3n) is 1.18. The van der Waals surface area contributed by atoms with E-state index in [0.29, 0.717) is 0 Å². The first-order valence-electron chi connectivity index (χ1n) is 3.29. The van der Waals surface area contributed by atoms with Crippen LogP contribution in [0.5, 0.6) is 0 Å². The molecule has 0 radical (unpaired) electrons. The van der Waals surface area contributed by atoms with Gasteiger partial charge in [-0.3, -0.25) is 4.68 Å². The lowest BCUT2D eigenvalue weighted by molar-refractivity contribution is 0.701. The molecule has 6 heteroatoms. The molecule has 0 aliphatic carbocycles. The van der Waals surface area contributed by atoms with Gasteiger partial charge < -0.3 is 5.73 Å². The van der Waals surface area contributed by atoms with Gasteiger partial charge in [-0.25, -0.2) is 0 Å². The molecule has 12 heavy (non-hydrogen) atoms. The van der Waals surface area contributed by atoms with Crippen LogP contribution in [0, 0.1) is 0 Å². The summed E-state index contributed by atoms with van der Waals surface area (Å²) in [5.41, 5.74) is 6.51. The number of aromatic nitrogens is 3. The Hall–Kier alpha value is -0.320. The van der Waals surface area contributed by atoms with Crippen molar-refractivity contribution in [3.8, 4) is 0 Å². The molecule has 0 aromatic carbocycles. The average Bonchev–Trinajstić information content (AvgIpc) is 2.13. The number of rotatable bonds is 2. The van der Waals surface area contributed by atoms with Gasteiger partial charge in [-0.05, 0) is 6.92 Å². The Kier molecular flexibility index (Phi) is 7.37. The van der Waals surface area contributed by atoms with Crippen molar-refractivity contribution in [2.75, 3.05) is 0 Å². The quantitative estimate of drug-likeness (QED) is 0.780. The van der Waals surface area contributed by atoms with Crippen molar-refractivity contribution in [2.24, 2.45) is 12.8 Å². The zero-order valence-corrected chi connectivity index (χ0v) is 8.73. The maximum atomic E-state index is 5.56. The molecule has 2 N–H and O–H groups in total. The Labute approximate surface area is 84.3 Å². The van der Waals surface area contributed by atoms with E-state index in [-0.39, 0.29) is 30.9 Å². The van der Waals surface area contributed by atoms with Crippen LogP contribution in [0.3, 0.4) is 0 Å². The Bertz CT molecular complexity index is 211. The highest BCUT2D eigenvalue weighted by molar-refractivity contribution is 5.85. The van der Waals surface area contributed by atoms with Gasteiger partial charge in [-0.1, -0.05) is 5.21 Å². The van der Waals surface area contributed by atoms with Crippen LogP contribution in [0.4, 0.5) is 0 Å². The van der Waals surface area contributed by atoms with Crippen LogP contribution in [0.1, 0.15) is 12.6 Å². The molecule has 1 aromatic heterocycles. The normalized spacial score (nSPS) is 11.2. The number of hydrogen-bond acceptors (Lipinski definition) is 3. The number of hydrogen-bond donors (Lipinski definition) is 1. The summed E-state index contributed by atoms with van der Waals surface area (Å²) in [7, 11) is 1.84. The molecule has 1 heterocycles. The minimum absolute atomic E-state index is 0. The predicted molar refractivity (Wildman–Crippen MR) is 52.9 cm³/mol. The highest BCUT2D eigenvalue weighted by atomic mass is 35.5. The van der Waals surface area contributed by atoms with E-state index >= 15 is 0 Å². The zero-order chi connectivity index (χ0) is 7.56. The smallest absolute Gasteiger partial charge is 0.0842 e. The first-order chi connectivity index (χ1) is 4.68. The summed E-state index contributed by atoms with van der Waals surface area (Å²) >= 11 is 0. The van der Waals surface area contributed by atoms with E-state index in [0.717, 1.165) is 12.1 Å². The van der Waals surface area contributed by atoms with Crippen LogP contribution in [-0.2, 0) is 13.5 Å². The van der Waals surface area contributed by atoms with Gasteiger partial charge in [0.1, 0.15) is 0 Å². The zero-order valence-electron chi connectivity index (χ0n) is 7.10. The van der Waals surface area contributed by atoms with E-state index in [2.05, 4.69) is 10.3 Å². The Morgan fingerprint density at radius 2 is 2.17 bits per heavy atom. The second-order valence-electron chi connectivity index (χ2n) is 2.56. The van der Waals surface area contributed by atoms with E-state index in [1.54, 1.807) is 4.68 Å². The Morgan fingerprint density at radius 3 is 2.50 bits per heavy atom. The molecule has 0 fully saturated rings. The SMILES string of the molecule is C[C@@H](N)Cc1cn(C)nn1.Cl.Cl. The molecule has 0 bridgehead atoms. The number of aryl methyl sites for hydroxylation is 1.